The lowest BCUT2D eigenvalue weighted by Crippen LogP contribution is -2.07. The summed E-state index contributed by atoms with van der Waals surface area (Å²) in [6, 6.07) is 5.31. The van der Waals surface area contributed by atoms with Crippen LogP contribution < -0.4 is 5.32 Å². The van der Waals surface area contributed by atoms with Gasteiger partial charge in [0.05, 0.1) is 34.5 Å². The largest absolute Gasteiger partial charge is 0.466 e. The molecule has 20 heavy (non-hydrogen) atoms. The second-order valence-corrected chi connectivity index (χ2v) is 5.50. The molecule has 1 N–H and O–H groups in total. The number of nitrogens with one attached hydrogen (secondary N) is 1. The van der Waals surface area contributed by atoms with Crippen molar-refractivity contribution in [2.24, 2.45) is 0 Å². The Hall–Kier alpha value is -1.30. The van der Waals surface area contributed by atoms with E-state index in [1.165, 1.54) is 11.3 Å². The van der Waals surface area contributed by atoms with E-state index in [2.05, 4.69) is 10.3 Å². The third-order valence-corrected chi connectivity index (χ3v) is 4.00. The Labute approximate surface area is 130 Å². The van der Waals surface area contributed by atoms with Crippen molar-refractivity contribution in [1.82, 2.24) is 4.98 Å². The second kappa shape index (κ2) is 6.92. The van der Waals surface area contributed by atoms with E-state index in [1.54, 1.807) is 30.5 Å². The first-order valence-corrected chi connectivity index (χ1v) is 7.54. The minimum absolute atomic E-state index is 0.162. The van der Waals surface area contributed by atoms with Gasteiger partial charge in [0.25, 0.3) is 0 Å². The summed E-state index contributed by atoms with van der Waals surface area (Å²) in [6.45, 7) is 2.14. The van der Waals surface area contributed by atoms with Gasteiger partial charge in [0.2, 0.25) is 0 Å². The van der Waals surface area contributed by atoms with Crippen LogP contribution in [-0.2, 0) is 16.0 Å². The van der Waals surface area contributed by atoms with Crippen molar-refractivity contribution in [1.29, 1.82) is 0 Å². The predicted octanol–water partition coefficient (Wildman–Crippen LogP) is 4.30. The zero-order valence-corrected chi connectivity index (χ0v) is 13.0. The zero-order valence-electron chi connectivity index (χ0n) is 10.7. The number of benzene rings is 1. The highest BCUT2D eigenvalue weighted by Gasteiger charge is 2.10. The molecular formula is C13H12Cl2N2O2S. The number of hydrogen-bond donors (Lipinski definition) is 1. The van der Waals surface area contributed by atoms with Crippen molar-refractivity contribution < 1.29 is 9.53 Å². The molecule has 0 unspecified atom stereocenters. The van der Waals surface area contributed by atoms with E-state index in [4.69, 9.17) is 27.9 Å². The molecule has 1 aromatic heterocycles. The van der Waals surface area contributed by atoms with E-state index in [-0.39, 0.29) is 12.4 Å². The molecule has 2 aromatic rings. The second-order valence-electron chi connectivity index (χ2n) is 3.85. The molecule has 0 spiro atoms. The third-order valence-electron chi connectivity index (χ3n) is 2.38. The number of halogens is 2. The van der Waals surface area contributed by atoms with Gasteiger partial charge in [-0.3, -0.25) is 4.79 Å². The molecule has 7 heteroatoms. The van der Waals surface area contributed by atoms with Crippen LogP contribution in [0.3, 0.4) is 0 Å². The molecule has 1 aromatic carbocycles. The average Bonchev–Trinajstić information content (AvgIpc) is 2.82. The molecule has 2 rings (SSSR count). The molecule has 0 radical (unpaired) electrons. The molecule has 0 aliphatic carbocycles. The summed E-state index contributed by atoms with van der Waals surface area (Å²) in [6.07, 6.45) is 0.162. The van der Waals surface area contributed by atoms with Gasteiger partial charge in [-0.2, -0.15) is 0 Å². The first-order chi connectivity index (χ1) is 9.60. The van der Waals surface area contributed by atoms with E-state index in [9.17, 15) is 4.79 Å². The van der Waals surface area contributed by atoms with Crippen LogP contribution in [0.25, 0.3) is 0 Å². The normalized spacial score (nSPS) is 10.3. The number of esters is 1. The van der Waals surface area contributed by atoms with Crippen molar-refractivity contribution in [3.8, 4) is 0 Å². The van der Waals surface area contributed by atoms with Gasteiger partial charge in [-0.05, 0) is 19.1 Å². The highest BCUT2D eigenvalue weighted by Crippen LogP contribution is 2.32. The number of nitrogens with zero attached hydrogens (tertiary/aromatic N) is 1. The first-order valence-electron chi connectivity index (χ1n) is 5.91. The van der Waals surface area contributed by atoms with Crippen LogP contribution in [0.5, 0.6) is 0 Å². The standard InChI is InChI=1S/C13H12Cl2N2O2S/c1-2-19-11(18)6-8-7-20-13(16-8)17-10-5-3-4-9(14)12(10)15/h3-5,7H,2,6H2,1H3,(H,16,17). The SMILES string of the molecule is CCOC(=O)Cc1csc(Nc2cccc(Cl)c2Cl)n1. The Bertz CT molecular complexity index is 616. The van der Waals surface area contributed by atoms with Gasteiger partial charge in [0.1, 0.15) is 0 Å². The average molecular weight is 331 g/mol. The van der Waals surface area contributed by atoms with Crippen LogP contribution in [0.4, 0.5) is 10.8 Å². The Morgan fingerprint density at radius 1 is 1.45 bits per heavy atom. The molecule has 4 nitrogen and oxygen atoms in total. The van der Waals surface area contributed by atoms with Gasteiger partial charge in [-0.1, -0.05) is 29.3 Å². The van der Waals surface area contributed by atoms with E-state index in [0.29, 0.717) is 33.2 Å². The number of thiazole rings is 1. The number of anilines is 2. The molecule has 0 saturated carbocycles. The fraction of sp³-hybridized carbons (Fsp3) is 0.231. The fourth-order valence-electron chi connectivity index (χ4n) is 1.52. The van der Waals surface area contributed by atoms with Crippen LogP contribution in [0.1, 0.15) is 12.6 Å². The molecule has 0 atom stereocenters. The predicted molar refractivity (Wildman–Crippen MR) is 82.2 cm³/mol. The van der Waals surface area contributed by atoms with E-state index >= 15 is 0 Å². The molecule has 0 amide bonds. The minimum atomic E-state index is -0.287. The fourth-order valence-corrected chi connectivity index (χ4v) is 2.59. The summed E-state index contributed by atoms with van der Waals surface area (Å²) in [4.78, 5) is 15.7. The van der Waals surface area contributed by atoms with Crippen molar-refractivity contribution in [2.75, 3.05) is 11.9 Å². The maximum Gasteiger partial charge on any atom is 0.311 e. The number of rotatable bonds is 5. The maximum atomic E-state index is 11.4. The van der Waals surface area contributed by atoms with Gasteiger partial charge in [-0.25, -0.2) is 4.98 Å². The van der Waals surface area contributed by atoms with Gasteiger partial charge in [0, 0.05) is 5.38 Å². The number of aromatic nitrogens is 1. The van der Waals surface area contributed by atoms with Crippen LogP contribution in [0.15, 0.2) is 23.6 Å². The molecular weight excluding hydrogens is 319 g/mol. The molecule has 0 bridgehead atoms. The lowest BCUT2D eigenvalue weighted by atomic mass is 10.3. The molecule has 0 saturated heterocycles. The summed E-state index contributed by atoms with van der Waals surface area (Å²) in [5, 5.41) is 6.44. The van der Waals surface area contributed by atoms with Gasteiger partial charge in [0.15, 0.2) is 5.13 Å². The molecule has 106 valence electrons. The maximum absolute atomic E-state index is 11.4. The monoisotopic (exact) mass is 330 g/mol. The van der Waals surface area contributed by atoms with Crippen LogP contribution in [-0.4, -0.2) is 17.6 Å². The summed E-state index contributed by atoms with van der Waals surface area (Å²) in [5.41, 5.74) is 1.34. The van der Waals surface area contributed by atoms with Gasteiger partial charge < -0.3 is 10.1 Å². The smallest absolute Gasteiger partial charge is 0.311 e. The van der Waals surface area contributed by atoms with Crippen molar-refractivity contribution >= 4 is 51.3 Å². The van der Waals surface area contributed by atoms with Crippen molar-refractivity contribution in [3.05, 3.63) is 39.3 Å². The first kappa shape index (κ1) is 15.1. The number of ether oxygens (including phenoxy) is 1. The van der Waals surface area contributed by atoms with Crippen LogP contribution in [0, 0.1) is 0 Å². The molecule has 1 heterocycles. The summed E-state index contributed by atoms with van der Waals surface area (Å²) in [5.74, 6) is -0.287. The highest BCUT2D eigenvalue weighted by atomic mass is 35.5. The summed E-state index contributed by atoms with van der Waals surface area (Å²) in [7, 11) is 0. The highest BCUT2D eigenvalue weighted by molar-refractivity contribution is 7.13. The zero-order chi connectivity index (χ0) is 14.5. The van der Waals surface area contributed by atoms with Crippen molar-refractivity contribution in [2.45, 2.75) is 13.3 Å². The van der Waals surface area contributed by atoms with Crippen LogP contribution >= 0.6 is 34.5 Å². The topological polar surface area (TPSA) is 51.2 Å². The van der Waals surface area contributed by atoms with E-state index in [1.807, 2.05) is 0 Å². The minimum Gasteiger partial charge on any atom is -0.466 e. The Balaban J connectivity index is 2.06. The van der Waals surface area contributed by atoms with Gasteiger partial charge in [-0.15, -0.1) is 11.3 Å². The lowest BCUT2D eigenvalue weighted by molar-refractivity contribution is -0.142. The third kappa shape index (κ3) is 3.85. The summed E-state index contributed by atoms with van der Waals surface area (Å²) >= 11 is 13.4. The number of carbonyl (C=O) groups is 1. The Morgan fingerprint density at radius 2 is 2.25 bits per heavy atom. The molecule has 0 aliphatic rings. The van der Waals surface area contributed by atoms with Crippen LogP contribution in [0.2, 0.25) is 10.0 Å². The van der Waals surface area contributed by atoms with Gasteiger partial charge >= 0.3 is 5.97 Å². The quantitative estimate of drug-likeness (QED) is 0.830. The number of carbonyl (C=O) groups excluding carboxylic acids is 1. The molecule has 0 aliphatic heterocycles. The Morgan fingerprint density at radius 3 is 3.00 bits per heavy atom. The van der Waals surface area contributed by atoms with Crippen molar-refractivity contribution in [3.63, 3.8) is 0 Å². The molecule has 0 fully saturated rings. The summed E-state index contributed by atoms with van der Waals surface area (Å²) < 4.78 is 4.87. The van der Waals surface area contributed by atoms with E-state index in [0.717, 1.165) is 0 Å². The van der Waals surface area contributed by atoms with E-state index < -0.39 is 0 Å². The number of hydrogen-bond acceptors (Lipinski definition) is 5. The lowest BCUT2D eigenvalue weighted by Gasteiger charge is -2.05. The Kier molecular flexibility index (Phi) is 5.23.